The van der Waals surface area contributed by atoms with Crippen LogP contribution in [0.2, 0.25) is 0 Å². The van der Waals surface area contributed by atoms with Crippen molar-refractivity contribution >= 4 is 11.9 Å². The summed E-state index contributed by atoms with van der Waals surface area (Å²) in [6.07, 6.45) is 0.834. The lowest BCUT2D eigenvalue weighted by Crippen LogP contribution is -2.32. The molecule has 0 heterocycles. The van der Waals surface area contributed by atoms with E-state index in [2.05, 4.69) is 6.58 Å². The fraction of sp³-hybridized carbons (Fsp3) is 0.500. The maximum atomic E-state index is 10.4. The second kappa shape index (κ2) is 2.97. The van der Waals surface area contributed by atoms with E-state index in [1.807, 2.05) is 0 Å². The number of carboxylic acid groups (broad SMARTS) is 2. The Morgan fingerprint density at radius 3 is 2.00 bits per heavy atom. The molecule has 2 N–H and O–H groups in total. The van der Waals surface area contributed by atoms with Crippen LogP contribution < -0.4 is 0 Å². The van der Waals surface area contributed by atoms with Gasteiger partial charge in [0.15, 0.2) is 0 Å². The second-order valence-electron chi connectivity index (χ2n) is 3.03. The first kappa shape index (κ1) is 8.77. The molecular weight excluding hydrogens is 160 g/mol. The number of carboxylic acids is 2. The van der Waals surface area contributed by atoms with Crippen LogP contribution in [0.4, 0.5) is 0 Å². The summed E-state index contributed by atoms with van der Waals surface area (Å²) in [7, 11) is 0. The Hall–Kier alpha value is -1.32. The monoisotopic (exact) mass is 170 g/mol. The molecule has 1 rings (SSSR count). The van der Waals surface area contributed by atoms with Crippen molar-refractivity contribution in [3.05, 3.63) is 12.2 Å². The lowest BCUT2D eigenvalue weighted by molar-refractivity contribution is -0.147. The SMILES string of the molecule is C=C(C(=O)O)C1CC(C(=O)O)C1. The van der Waals surface area contributed by atoms with Crippen molar-refractivity contribution in [2.45, 2.75) is 12.8 Å². The molecule has 0 spiro atoms. The summed E-state index contributed by atoms with van der Waals surface area (Å²) in [5.74, 6) is -2.37. The van der Waals surface area contributed by atoms with Crippen molar-refractivity contribution < 1.29 is 19.8 Å². The molecule has 0 amide bonds. The molecule has 1 saturated carbocycles. The maximum Gasteiger partial charge on any atom is 0.331 e. The van der Waals surface area contributed by atoms with Gasteiger partial charge in [0.25, 0.3) is 0 Å². The standard InChI is InChI=1S/C8H10O4/c1-4(7(9)10)5-2-6(3-5)8(11)12/h5-6H,1-3H2,(H,9,10)(H,11,12). The molecule has 66 valence electrons. The van der Waals surface area contributed by atoms with Gasteiger partial charge in [-0.1, -0.05) is 6.58 Å². The first-order valence-corrected chi connectivity index (χ1v) is 3.67. The summed E-state index contributed by atoms with van der Waals surface area (Å²) in [6.45, 7) is 3.38. The lowest BCUT2D eigenvalue weighted by atomic mass is 9.71. The lowest BCUT2D eigenvalue weighted by Gasteiger charge is -2.32. The Kier molecular flexibility index (Phi) is 2.17. The third kappa shape index (κ3) is 1.47. The molecular formula is C8H10O4. The van der Waals surface area contributed by atoms with E-state index in [9.17, 15) is 9.59 Å². The van der Waals surface area contributed by atoms with Crippen LogP contribution in [0.1, 0.15) is 12.8 Å². The van der Waals surface area contributed by atoms with Crippen LogP contribution in [0.25, 0.3) is 0 Å². The van der Waals surface area contributed by atoms with Crippen LogP contribution in [0.15, 0.2) is 12.2 Å². The average molecular weight is 170 g/mol. The number of aliphatic carboxylic acids is 2. The normalized spacial score (nSPS) is 27.3. The number of hydrogen-bond donors (Lipinski definition) is 2. The molecule has 0 aromatic heterocycles. The Morgan fingerprint density at radius 1 is 1.17 bits per heavy atom. The fourth-order valence-corrected chi connectivity index (χ4v) is 1.28. The van der Waals surface area contributed by atoms with Crippen LogP contribution in [0.3, 0.4) is 0 Å². The van der Waals surface area contributed by atoms with Crippen molar-refractivity contribution in [3.63, 3.8) is 0 Å². The number of hydrogen-bond acceptors (Lipinski definition) is 2. The van der Waals surface area contributed by atoms with Crippen molar-refractivity contribution in [3.8, 4) is 0 Å². The van der Waals surface area contributed by atoms with Crippen LogP contribution >= 0.6 is 0 Å². The Labute approximate surface area is 69.5 Å². The average Bonchev–Trinajstić information content (AvgIpc) is 1.82. The minimum atomic E-state index is -1.02. The Morgan fingerprint density at radius 2 is 1.67 bits per heavy atom. The molecule has 0 unspecified atom stereocenters. The van der Waals surface area contributed by atoms with Crippen LogP contribution in [0, 0.1) is 11.8 Å². The molecule has 12 heavy (non-hydrogen) atoms. The minimum Gasteiger partial charge on any atom is -0.481 e. The molecule has 0 radical (unpaired) electrons. The molecule has 0 aromatic rings. The molecule has 1 aliphatic carbocycles. The molecule has 4 nitrogen and oxygen atoms in total. The highest BCUT2D eigenvalue weighted by atomic mass is 16.4. The van der Waals surface area contributed by atoms with Crippen LogP contribution in [0.5, 0.6) is 0 Å². The number of rotatable bonds is 3. The van der Waals surface area contributed by atoms with Gasteiger partial charge in [-0.25, -0.2) is 4.79 Å². The zero-order valence-corrected chi connectivity index (χ0v) is 6.49. The van der Waals surface area contributed by atoms with E-state index in [4.69, 9.17) is 10.2 Å². The Bertz CT molecular complexity index is 237. The Balaban J connectivity index is 2.40. The smallest absolute Gasteiger partial charge is 0.331 e. The quantitative estimate of drug-likeness (QED) is 0.612. The molecule has 0 aromatic carbocycles. The van der Waals surface area contributed by atoms with E-state index >= 15 is 0 Å². The third-order valence-electron chi connectivity index (χ3n) is 2.25. The van der Waals surface area contributed by atoms with Gasteiger partial charge in [0, 0.05) is 5.57 Å². The number of carbonyl (C=O) groups is 2. The van der Waals surface area contributed by atoms with E-state index < -0.39 is 11.9 Å². The largest absolute Gasteiger partial charge is 0.481 e. The summed E-state index contributed by atoms with van der Waals surface area (Å²) in [6, 6.07) is 0. The third-order valence-corrected chi connectivity index (χ3v) is 2.25. The molecule has 0 bridgehead atoms. The topological polar surface area (TPSA) is 74.6 Å². The summed E-state index contributed by atoms with van der Waals surface area (Å²) >= 11 is 0. The van der Waals surface area contributed by atoms with Gasteiger partial charge < -0.3 is 10.2 Å². The van der Waals surface area contributed by atoms with E-state index in [1.165, 1.54) is 0 Å². The molecule has 0 atom stereocenters. The van der Waals surface area contributed by atoms with E-state index in [0.717, 1.165) is 0 Å². The van der Waals surface area contributed by atoms with Gasteiger partial charge in [0.1, 0.15) is 0 Å². The van der Waals surface area contributed by atoms with Crippen molar-refractivity contribution in [1.82, 2.24) is 0 Å². The predicted octanol–water partition coefficient (Wildman–Crippen LogP) is 0.738. The van der Waals surface area contributed by atoms with E-state index in [-0.39, 0.29) is 17.4 Å². The zero-order chi connectivity index (χ0) is 9.30. The first-order valence-electron chi connectivity index (χ1n) is 3.67. The van der Waals surface area contributed by atoms with E-state index in [1.54, 1.807) is 0 Å². The maximum absolute atomic E-state index is 10.4. The molecule has 0 aliphatic heterocycles. The molecule has 1 aliphatic rings. The zero-order valence-electron chi connectivity index (χ0n) is 6.49. The summed E-state index contributed by atoms with van der Waals surface area (Å²) in [5.41, 5.74) is 0.132. The van der Waals surface area contributed by atoms with Gasteiger partial charge in [0.2, 0.25) is 0 Å². The predicted molar refractivity (Wildman–Crippen MR) is 40.6 cm³/mol. The van der Waals surface area contributed by atoms with E-state index in [0.29, 0.717) is 12.8 Å². The second-order valence-corrected chi connectivity index (χ2v) is 3.03. The highest BCUT2D eigenvalue weighted by Crippen LogP contribution is 2.38. The van der Waals surface area contributed by atoms with Crippen molar-refractivity contribution in [1.29, 1.82) is 0 Å². The molecule has 0 saturated heterocycles. The fourth-order valence-electron chi connectivity index (χ4n) is 1.28. The molecule has 4 heteroatoms. The highest BCUT2D eigenvalue weighted by molar-refractivity contribution is 5.87. The van der Waals surface area contributed by atoms with Crippen LogP contribution in [-0.4, -0.2) is 22.2 Å². The van der Waals surface area contributed by atoms with Crippen LogP contribution in [-0.2, 0) is 9.59 Å². The van der Waals surface area contributed by atoms with Gasteiger partial charge in [0.05, 0.1) is 5.92 Å². The van der Waals surface area contributed by atoms with Gasteiger partial charge in [-0.05, 0) is 18.8 Å². The van der Waals surface area contributed by atoms with Gasteiger partial charge in [-0.15, -0.1) is 0 Å². The van der Waals surface area contributed by atoms with Gasteiger partial charge in [-0.3, -0.25) is 4.79 Å². The minimum absolute atomic E-state index is 0.132. The highest BCUT2D eigenvalue weighted by Gasteiger charge is 2.37. The summed E-state index contributed by atoms with van der Waals surface area (Å²) in [4.78, 5) is 20.7. The van der Waals surface area contributed by atoms with Gasteiger partial charge >= 0.3 is 11.9 Å². The first-order chi connectivity index (χ1) is 5.52. The van der Waals surface area contributed by atoms with Crippen molar-refractivity contribution in [2.75, 3.05) is 0 Å². The summed E-state index contributed by atoms with van der Waals surface area (Å²) in [5, 5.41) is 17.0. The molecule has 1 fully saturated rings. The summed E-state index contributed by atoms with van der Waals surface area (Å²) < 4.78 is 0. The van der Waals surface area contributed by atoms with Gasteiger partial charge in [-0.2, -0.15) is 0 Å². The van der Waals surface area contributed by atoms with Crippen molar-refractivity contribution in [2.24, 2.45) is 11.8 Å².